The lowest BCUT2D eigenvalue weighted by atomic mass is 9.54. The smallest absolute Gasteiger partial charge is 0.129 e. The van der Waals surface area contributed by atoms with E-state index >= 15 is 0 Å². The van der Waals surface area contributed by atoms with E-state index in [1.165, 1.54) is 25.7 Å². The zero-order chi connectivity index (χ0) is 14.5. The summed E-state index contributed by atoms with van der Waals surface area (Å²) in [5, 5.41) is 9.65. The van der Waals surface area contributed by atoms with Crippen LogP contribution in [-0.4, -0.2) is 31.2 Å². The van der Waals surface area contributed by atoms with E-state index in [0.717, 1.165) is 18.3 Å². The van der Waals surface area contributed by atoms with Gasteiger partial charge in [0, 0.05) is 25.0 Å². The number of hydrogen-bond acceptors (Lipinski definition) is 3. The van der Waals surface area contributed by atoms with Crippen molar-refractivity contribution in [3.63, 3.8) is 0 Å². The molecule has 0 heterocycles. The van der Waals surface area contributed by atoms with Gasteiger partial charge in [-0.3, -0.25) is 0 Å². The van der Waals surface area contributed by atoms with E-state index in [2.05, 4.69) is 13.5 Å². The number of aldehydes is 1. The molecule has 5 unspecified atom stereocenters. The van der Waals surface area contributed by atoms with Gasteiger partial charge in [-0.15, -0.1) is 0 Å². The van der Waals surface area contributed by atoms with Crippen molar-refractivity contribution in [2.24, 2.45) is 28.6 Å². The van der Waals surface area contributed by atoms with E-state index in [-0.39, 0.29) is 30.0 Å². The van der Waals surface area contributed by atoms with Crippen molar-refractivity contribution in [1.82, 2.24) is 0 Å². The zero-order valence-electron chi connectivity index (χ0n) is 12.6. The fourth-order valence-corrected chi connectivity index (χ4v) is 5.78. The zero-order valence-corrected chi connectivity index (χ0v) is 12.6. The molecule has 3 heteroatoms. The number of aliphatic hydroxyl groups is 1. The van der Waals surface area contributed by atoms with Crippen LogP contribution in [0.5, 0.6) is 0 Å². The lowest BCUT2D eigenvalue weighted by Gasteiger charge is -2.48. The van der Waals surface area contributed by atoms with Crippen LogP contribution in [0.1, 0.15) is 39.0 Å². The first kappa shape index (κ1) is 14.3. The second-order valence-corrected chi connectivity index (χ2v) is 7.20. The first-order chi connectivity index (χ1) is 9.56. The van der Waals surface area contributed by atoms with Gasteiger partial charge < -0.3 is 14.6 Å². The Balaban J connectivity index is 2.09. The van der Waals surface area contributed by atoms with Gasteiger partial charge in [0.15, 0.2) is 0 Å². The Morgan fingerprint density at radius 1 is 1.45 bits per heavy atom. The monoisotopic (exact) mass is 278 g/mol. The van der Waals surface area contributed by atoms with Crippen LogP contribution in [0.4, 0.5) is 0 Å². The minimum Gasteiger partial charge on any atom is -0.396 e. The van der Waals surface area contributed by atoms with Crippen LogP contribution < -0.4 is 0 Å². The van der Waals surface area contributed by atoms with Crippen molar-refractivity contribution >= 4 is 6.29 Å². The third-order valence-electron chi connectivity index (χ3n) is 6.85. The summed E-state index contributed by atoms with van der Waals surface area (Å²) >= 11 is 0. The van der Waals surface area contributed by atoms with Crippen molar-refractivity contribution in [3.8, 4) is 0 Å². The van der Waals surface area contributed by atoms with E-state index in [0.29, 0.717) is 5.92 Å². The molecule has 20 heavy (non-hydrogen) atoms. The van der Waals surface area contributed by atoms with Gasteiger partial charge in [0.25, 0.3) is 0 Å². The van der Waals surface area contributed by atoms with Crippen molar-refractivity contribution in [2.45, 2.75) is 45.1 Å². The third kappa shape index (κ3) is 1.41. The highest BCUT2D eigenvalue weighted by Crippen LogP contribution is 2.72. The number of aliphatic hydroxyl groups excluding tert-OH is 1. The average Bonchev–Trinajstić information content (AvgIpc) is 3.13. The normalized spacial score (nSPS) is 48.1. The summed E-state index contributed by atoms with van der Waals surface area (Å²) in [5.41, 5.74) is 0.530. The highest BCUT2D eigenvalue weighted by atomic mass is 16.5. The maximum atomic E-state index is 12.1. The molecule has 3 saturated carbocycles. The van der Waals surface area contributed by atoms with Crippen molar-refractivity contribution in [3.05, 3.63) is 12.2 Å². The van der Waals surface area contributed by atoms with Gasteiger partial charge in [-0.2, -0.15) is 0 Å². The standard InChI is InChI=1S/C17H26O3/c1-11-14-12(9-18)8-17(10-19,15(14)20-3)16(11,2)13-6-4-5-7-13/h10,12-15,18H,1,4-9H2,2-3H3. The van der Waals surface area contributed by atoms with E-state index < -0.39 is 5.41 Å². The molecule has 2 bridgehead atoms. The molecule has 3 nitrogen and oxygen atoms in total. The quantitative estimate of drug-likeness (QED) is 0.635. The van der Waals surface area contributed by atoms with Gasteiger partial charge in [0.1, 0.15) is 6.29 Å². The summed E-state index contributed by atoms with van der Waals surface area (Å²) < 4.78 is 5.75. The maximum Gasteiger partial charge on any atom is 0.129 e. The summed E-state index contributed by atoms with van der Waals surface area (Å²) in [6.45, 7) is 6.73. The maximum absolute atomic E-state index is 12.1. The number of fused-ring (bicyclic) bond motifs is 2. The average molecular weight is 278 g/mol. The fourth-order valence-electron chi connectivity index (χ4n) is 5.78. The van der Waals surface area contributed by atoms with Gasteiger partial charge in [-0.05, 0) is 31.1 Å². The lowest BCUT2D eigenvalue weighted by molar-refractivity contribution is -0.132. The Morgan fingerprint density at radius 3 is 2.60 bits per heavy atom. The fraction of sp³-hybridized carbons (Fsp3) is 0.824. The van der Waals surface area contributed by atoms with Gasteiger partial charge >= 0.3 is 0 Å². The Bertz CT molecular complexity index is 426. The molecule has 1 N–H and O–H groups in total. The molecule has 3 fully saturated rings. The predicted octanol–water partition coefficient (Wildman–Crippen LogP) is 2.58. The summed E-state index contributed by atoms with van der Waals surface area (Å²) in [5.74, 6) is 0.815. The molecule has 0 aromatic heterocycles. The Morgan fingerprint density at radius 2 is 2.10 bits per heavy atom. The third-order valence-corrected chi connectivity index (χ3v) is 6.85. The van der Waals surface area contributed by atoms with Crippen LogP contribution in [0.15, 0.2) is 12.2 Å². The van der Waals surface area contributed by atoms with Crippen LogP contribution in [-0.2, 0) is 9.53 Å². The molecule has 3 aliphatic rings. The summed E-state index contributed by atoms with van der Waals surface area (Å²) in [4.78, 5) is 12.1. The summed E-state index contributed by atoms with van der Waals surface area (Å²) in [6, 6.07) is 0. The van der Waals surface area contributed by atoms with E-state index in [1.807, 2.05) is 0 Å². The van der Waals surface area contributed by atoms with Gasteiger partial charge in [0.2, 0.25) is 0 Å². The van der Waals surface area contributed by atoms with E-state index in [1.54, 1.807) is 7.11 Å². The Labute approximate surface area is 121 Å². The molecule has 0 aromatic carbocycles. The molecular formula is C17H26O3. The molecule has 0 aliphatic heterocycles. The first-order valence-electron chi connectivity index (χ1n) is 7.86. The van der Waals surface area contributed by atoms with Gasteiger partial charge in [0.05, 0.1) is 11.5 Å². The number of ether oxygens (including phenoxy) is 1. The highest BCUT2D eigenvalue weighted by molar-refractivity contribution is 5.68. The first-order valence-corrected chi connectivity index (χ1v) is 7.86. The van der Waals surface area contributed by atoms with Crippen LogP contribution in [0.3, 0.4) is 0 Å². The highest BCUT2D eigenvalue weighted by Gasteiger charge is 2.72. The van der Waals surface area contributed by atoms with E-state index in [4.69, 9.17) is 4.74 Å². The Kier molecular flexibility index (Phi) is 3.33. The molecule has 3 rings (SSSR count). The van der Waals surface area contributed by atoms with Crippen LogP contribution in [0, 0.1) is 28.6 Å². The predicted molar refractivity (Wildman–Crippen MR) is 77.2 cm³/mol. The van der Waals surface area contributed by atoms with Crippen LogP contribution in [0.25, 0.3) is 0 Å². The largest absolute Gasteiger partial charge is 0.396 e. The number of carbonyl (C=O) groups excluding carboxylic acids is 1. The molecule has 5 atom stereocenters. The molecule has 3 aliphatic carbocycles. The summed E-state index contributed by atoms with van der Waals surface area (Å²) in [6.07, 6.45) is 6.69. The van der Waals surface area contributed by atoms with Crippen molar-refractivity contribution < 1.29 is 14.6 Å². The molecule has 0 saturated heterocycles. The minimum atomic E-state index is -0.480. The molecule has 0 amide bonds. The molecule has 0 radical (unpaired) electrons. The minimum absolute atomic E-state index is 0.102. The lowest BCUT2D eigenvalue weighted by Crippen LogP contribution is -2.48. The van der Waals surface area contributed by atoms with Gasteiger partial charge in [-0.1, -0.05) is 31.9 Å². The molecule has 112 valence electrons. The van der Waals surface area contributed by atoms with E-state index in [9.17, 15) is 9.90 Å². The van der Waals surface area contributed by atoms with Crippen molar-refractivity contribution in [2.75, 3.05) is 13.7 Å². The van der Waals surface area contributed by atoms with Crippen LogP contribution >= 0.6 is 0 Å². The Hall–Kier alpha value is -0.670. The van der Waals surface area contributed by atoms with Gasteiger partial charge in [-0.25, -0.2) is 0 Å². The second kappa shape index (κ2) is 4.67. The number of rotatable bonds is 4. The second-order valence-electron chi connectivity index (χ2n) is 7.20. The number of hydrogen-bond donors (Lipinski definition) is 1. The molecule has 0 spiro atoms. The van der Waals surface area contributed by atoms with Crippen molar-refractivity contribution in [1.29, 1.82) is 0 Å². The topological polar surface area (TPSA) is 46.5 Å². The number of methoxy groups -OCH3 is 1. The number of carbonyl (C=O) groups is 1. The summed E-state index contributed by atoms with van der Waals surface area (Å²) in [7, 11) is 1.70. The molecular weight excluding hydrogens is 252 g/mol. The molecule has 0 aromatic rings. The SMILES string of the molecule is C=C1C2C(CO)CC(C=O)(C2OC)C1(C)C1CCCC1. The van der Waals surface area contributed by atoms with Crippen LogP contribution in [0.2, 0.25) is 0 Å².